The van der Waals surface area contributed by atoms with Crippen molar-refractivity contribution in [2.75, 3.05) is 13.1 Å². The Balaban J connectivity index is 2.07. The molecule has 1 amide bonds. The van der Waals surface area contributed by atoms with Gasteiger partial charge in [-0.2, -0.15) is 4.98 Å². The van der Waals surface area contributed by atoms with Gasteiger partial charge in [-0.15, -0.1) is 5.10 Å². The largest absolute Gasteiger partial charge is 0.348 e. The van der Waals surface area contributed by atoms with Gasteiger partial charge in [-0.1, -0.05) is 6.92 Å². The Morgan fingerprint density at radius 1 is 1.53 bits per heavy atom. The van der Waals surface area contributed by atoms with E-state index in [9.17, 15) is 4.79 Å². The number of aryl methyl sites for hydroxylation is 1. The van der Waals surface area contributed by atoms with Crippen LogP contribution in [0.2, 0.25) is 0 Å². The summed E-state index contributed by atoms with van der Waals surface area (Å²) in [5.74, 6) is 0.296. The predicted molar refractivity (Wildman–Crippen MR) is 71.0 cm³/mol. The van der Waals surface area contributed by atoms with Crippen molar-refractivity contribution in [3.05, 3.63) is 23.8 Å². The number of hydrogen-bond acceptors (Lipinski definition) is 5. The quantitative estimate of drug-likeness (QED) is 0.802. The molecular formula is C12H18N6O. The molecule has 2 aromatic heterocycles. The number of nitrogens with one attached hydrogen (secondary N) is 2. The smallest absolute Gasteiger partial charge is 0.291 e. The highest BCUT2D eigenvalue weighted by Crippen LogP contribution is 2.01. The van der Waals surface area contributed by atoms with Gasteiger partial charge in [0, 0.05) is 24.5 Å². The summed E-state index contributed by atoms with van der Waals surface area (Å²) in [7, 11) is 0. The van der Waals surface area contributed by atoms with Crippen LogP contribution in [-0.2, 0) is 0 Å². The van der Waals surface area contributed by atoms with Gasteiger partial charge in [0.1, 0.15) is 0 Å². The third kappa shape index (κ3) is 3.05. The molecule has 0 saturated carbocycles. The number of fused-ring (bicyclic) bond motifs is 1. The molecule has 2 N–H and O–H groups in total. The van der Waals surface area contributed by atoms with Crippen molar-refractivity contribution in [1.29, 1.82) is 0 Å². The Labute approximate surface area is 111 Å². The molecule has 2 aromatic rings. The number of hydrogen-bond donors (Lipinski definition) is 2. The second kappa shape index (κ2) is 5.75. The lowest BCUT2D eigenvalue weighted by Gasteiger charge is -2.11. The van der Waals surface area contributed by atoms with Crippen LogP contribution in [0.1, 0.15) is 30.2 Å². The lowest BCUT2D eigenvalue weighted by molar-refractivity contribution is 0.0940. The van der Waals surface area contributed by atoms with Crippen molar-refractivity contribution in [3.8, 4) is 0 Å². The standard InChI is InChI=1S/C12H18N6O/c1-4-13-8(2)7-15-11(19)10-16-12-14-6-5-9(3)18(12)17-10/h5-6,8,13H,4,7H2,1-3H3,(H,15,19)/t8-/m1/s1. The van der Waals surface area contributed by atoms with Crippen LogP contribution in [0.25, 0.3) is 5.78 Å². The molecule has 2 rings (SSSR count). The Morgan fingerprint density at radius 2 is 2.32 bits per heavy atom. The van der Waals surface area contributed by atoms with Gasteiger partial charge in [0.2, 0.25) is 5.82 Å². The van der Waals surface area contributed by atoms with Crippen molar-refractivity contribution in [2.24, 2.45) is 0 Å². The number of carbonyl (C=O) groups excluding carboxylic acids is 1. The highest BCUT2D eigenvalue weighted by molar-refractivity contribution is 5.90. The molecule has 0 bridgehead atoms. The maximum Gasteiger partial charge on any atom is 0.291 e. The van der Waals surface area contributed by atoms with Crippen LogP contribution in [0.15, 0.2) is 12.3 Å². The summed E-state index contributed by atoms with van der Waals surface area (Å²) in [6, 6.07) is 2.03. The Morgan fingerprint density at radius 3 is 3.00 bits per heavy atom. The van der Waals surface area contributed by atoms with Gasteiger partial charge < -0.3 is 10.6 Å². The van der Waals surface area contributed by atoms with E-state index in [0.717, 1.165) is 12.2 Å². The molecule has 0 fully saturated rings. The minimum atomic E-state index is -0.283. The SMILES string of the molecule is CCN[C@H](C)CNC(=O)c1nc2nccc(C)n2n1. The monoisotopic (exact) mass is 262 g/mol. The molecule has 0 aliphatic heterocycles. The molecule has 102 valence electrons. The van der Waals surface area contributed by atoms with Crippen LogP contribution in [0.4, 0.5) is 0 Å². The molecule has 19 heavy (non-hydrogen) atoms. The van der Waals surface area contributed by atoms with Crippen LogP contribution >= 0.6 is 0 Å². The van der Waals surface area contributed by atoms with Crippen LogP contribution in [-0.4, -0.2) is 44.6 Å². The topological polar surface area (TPSA) is 84.2 Å². The first kappa shape index (κ1) is 13.4. The summed E-state index contributed by atoms with van der Waals surface area (Å²) >= 11 is 0. The minimum absolute atomic E-state index is 0.144. The van der Waals surface area contributed by atoms with E-state index in [0.29, 0.717) is 12.3 Å². The zero-order valence-corrected chi connectivity index (χ0v) is 11.3. The Kier molecular flexibility index (Phi) is 4.06. The fourth-order valence-corrected chi connectivity index (χ4v) is 1.75. The van der Waals surface area contributed by atoms with Crippen LogP contribution < -0.4 is 10.6 Å². The fraction of sp³-hybridized carbons (Fsp3) is 0.500. The van der Waals surface area contributed by atoms with Gasteiger partial charge >= 0.3 is 0 Å². The lowest BCUT2D eigenvalue weighted by Crippen LogP contribution is -2.39. The van der Waals surface area contributed by atoms with Crippen LogP contribution in [0, 0.1) is 6.92 Å². The van der Waals surface area contributed by atoms with Crippen molar-refractivity contribution >= 4 is 11.7 Å². The zero-order valence-electron chi connectivity index (χ0n) is 11.3. The second-order valence-corrected chi connectivity index (χ2v) is 4.40. The first-order valence-corrected chi connectivity index (χ1v) is 6.31. The molecule has 7 nitrogen and oxygen atoms in total. The number of amides is 1. The van der Waals surface area contributed by atoms with Gasteiger partial charge in [0.25, 0.3) is 11.7 Å². The van der Waals surface area contributed by atoms with E-state index in [1.165, 1.54) is 0 Å². The van der Waals surface area contributed by atoms with E-state index in [1.807, 2.05) is 26.8 Å². The van der Waals surface area contributed by atoms with Gasteiger partial charge in [0.15, 0.2) is 0 Å². The fourth-order valence-electron chi connectivity index (χ4n) is 1.75. The Hall–Kier alpha value is -2.02. The second-order valence-electron chi connectivity index (χ2n) is 4.40. The molecule has 2 heterocycles. The zero-order chi connectivity index (χ0) is 13.8. The maximum absolute atomic E-state index is 11.9. The summed E-state index contributed by atoms with van der Waals surface area (Å²) < 4.78 is 1.56. The van der Waals surface area contributed by atoms with Gasteiger partial charge in [-0.3, -0.25) is 4.79 Å². The maximum atomic E-state index is 11.9. The number of likely N-dealkylation sites (N-methyl/N-ethyl adjacent to an activating group) is 1. The van der Waals surface area contributed by atoms with E-state index in [-0.39, 0.29) is 17.8 Å². The van der Waals surface area contributed by atoms with Gasteiger partial charge in [-0.05, 0) is 26.5 Å². The highest BCUT2D eigenvalue weighted by Gasteiger charge is 2.14. The molecule has 7 heteroatoms. The molecule has 0 saturated heterocycles. The summed E-state index contributed by atoms with van der Waals surface area (Å²) in [6.07, 6.45) is 1.65. The van der Waals surface area contributed by atoms with Gasteiger partial charge in [0.05, 0.1) is 0 Å². The summed E-state index contributed by atoms with van der Waals surface area (Å²) in [6.45, 7) is 7.32. The van der Waals surface area contributed by atoms with E-state index in [2.05, 4.69) is 25.7 Å². The van der Waals surface area contributed by atoms with E-state index in [1.54, 1.807) is 10.7 Å². The third-order valence-corrected chi connectivity index (χ3v) is 2.75. The molecule has 1 atom stereocenters. The Bertz CT molecular complexity index is 579. The third-order valence-electron chi connectivity index (χ3n) is 2.75. The van der Waals surface area contributed by atoms with Crippen LogP contribution in [0.5, 0.6) is 0 Å². The number of carbonyl (C=O) groups is 1. The summed E-state index contributed by atoms with van der Waals surface area (Å²) in [4.78, 5) is 20.1. The van der Waals surface area contributed by atoms with E-state index < -0.39 is 0 Å². The highest BCUT2D eigenvalue weighted by atomic mass is 16.2. The lowest BCUT2D eigenvalue weighted by atomic mass is 10.3. The molecular weight excluding hydrogens is 244 g/mol. The molecule has 0 aliphatic carbocycles. The first-order valence-electron chi connectivity index (χ1n) is 6.31. The average molecular weight is 262 g/mol. The number of rotatable bonds is 5. The molecule has 0 aromatic carbocycles. The summed E-state index contributed by atoms with van der Waals surface area (Å²) in [5.41, 5.74) is 0.887. The first-order chi connectivity index (χ1) is 9.11. The molecule has 0 radical (unpaired) electrons. The van der Waals surface area contributed by atoms with Gasteiger partial charge in [-0.25, -0.2) is 9.50 Å². The molecule has 0 unspecified atom stereocenters. The van der Waals surface area contributed by atoms with E-state index >= 15 is 0 Å². The molecule has 0 spiro atoms. The normalized spacial score (nSPS) is 12.6. The van der Waals surface area contributed by atoms with Crippen LogP contribution in [0.3, 0.4) is 0 Å². The molecule has 0 aliphatic rings. The van der Waals surface area contributed by atoms with Crippen molar-refractivity contribution in [1.82, 2.24) is 30.2 Å². The van der Waals surface area contributed by atoms with Crippen molar-refractivity contribution in [3.63, 3.8) is 0 Å². The average Bonchev–Trinajstić information content (AvgIpc) is 2.82. The van der Waals surface area contributed by atoms with E-state index in [4.69, 9.17) is 0 Å². The number of aromatic nitrogens is 4. The predicted octanol–water partition coefficient (Wildman–Crippen LogP) is 0.161. The van der Waals surface area contributed by atoms with Crippen molar-refractivity contribution in [2.45, 2.75) is 26.8 Å². The summed E-state index contributed by atoms with van der Waals surface area (Å²) in [5, 5.41) is 10.2. The number of nitrogens with zero attached hydrogens (tertiary/aromatic N) is 4. The van der Waals surface area contributed by atoms with Crippen molar-refractivity contribution < 1.29 is 4.79 Å². The minimum Gasteiger partial charge on any atom is -0.348 e.